The van der Waals surface area contributed by atoms with Gasteiger partial charge in [-0.1, -0.05) is 66.7 Å². The van der Waals surface area contributed by atoms with Crippen molar-refractivity contribution in [2.24, 2.45) is 10.7 Å². The molecule has 3 aliphatic carbocycles. The van der Waals surface area contributed by atoms with E-state index in [2.05, 4.69) is 136 Å². The Kier molecular flexibility index (Phi) is 21.4. The van der Waals surface area contributed by atoms with Gasteiger partial charge in [0, 0.05) is 31.7 Å². The fourth-order valence-electron chi connectivity index (χ4n) is 13.8. The van der Waals surface area contributed by atoms with Gasteiger partial charge < -0.3 is 35.6 Å². The van der Waals surface area contributed by atoms with E-state index in [1.807, 2.05) is 67.1 Å². The van der Waals surface area contributed by atoms with Gasteiger partial charge in [-0.05, 0) is 213 Å². The number of benzene rings is 4. The number of unbranched alkanes of at least 4 members (excludes halogenated alkanes) is 3. The molecule has 4 aromatic carbocycles. The molecule has 0 radical (unpaired) electrons. The Hall–Kier alpha value is -8.81. The summed E-state index contributed by atoms with van der Waals surface area (Å²) in [5.74, 6) is 4.03. The van der Waals surface area contributed by atoms with Crippen LogP contribution >= 0.6 is 0 Å². The Bertz CT molecular complexity index is 4010. The average molecular weight is 1220 g/mol. The number of carbonyl (C=O) groups excluding carboxylic acids is 1. The van der Waals surface area contributed by atoms with E-state index in [0.29, 0.717) is 24.7 Å². The molecule has 11 aromatic rings. The number of nitrogens with two attached hydrogens (primary N) is 1. The van der Waals surface area contributed by atoms with Gasteiger partial charge in [0.05, 0.1) is 106 Å². The highest BCUT2D eigenvalue weighted by atomic mass is 16.1. The van der Waals surface area contributed by atoms with Crippen molar-refractivity contribution >= 4 is 57.3 Å². The molecule has 0 saturated heterocycles. The smallest absolute Gasteiger partial charge is 0.207 e. The Labute approximate surface area is 533 Å². The number of imidazole rings is 4. The SMILES string of the molecule is C=NCCCCN(Cc1nc2ccccc2[nH]1)[C@H]1CCCc2cccnc21.NCCCCN(Cc1nc2ccccc2n1Cc1nc2ccccc2[nH]1)[C@H]1CCCc2cccnc21.O=CNCCCCN(Cc1nc2ccccc2[nH]1)[C@H]1CCCc2cccnc21. The number of nitrogens with zero attached hydrogens (tertiary/aromatic N) is 12. The molecule has 91 heavy (non-hydrogen) atoms. The first-order valence-corrected chi connectivity index (χ1v) is 33.1. The van der Waals surface area contributed by atoms with E-state index >= 15 is 0 Å². The summed E-state index contributed by atoms with van der Waals surface area (Å²) in [4.78, 5) is 66.4. The second-order valence-corrected chi connectivity index (χ2v) is 24.4. The third-order valence-electron chi connectivity index (χ3n) is 18.2. The van der Waals surface area contributed by atoms with Crippen molar-refractivity contribution in [2.75, 3.05) is 39.3 Å². The lowest BCUT2D eigenvalue weighted by Crippen LogP contribution is -2.34. The number of H-pyrrole nitrogens is 3. The van der Waals surface area contributed by atoms with Crippen molar-refractivity contribution in [3.8, 4) is 0 Å². The Balaban J connectivity index is 0.000000134. The number of aromatic nitrogens is 11. The lowest BCUT2D eigenvalue weighted by Gasteiger charge is -2.35. The van der Waals surface area contributed by atoms with Crippen LogP contribution in [0, 0.1) is 0 Å². The maximum atomic E-state index is 10.5. The van der Waals surface area contributed by atoms with Gasteiger partial charge in [-0.3, -0.25) is 34.4 Å². The standard InChI is InChI=1S/C29H33N7.C22H27N5O.C22H27N5/c30-16-5-6-18-35(26-15-7-9-21-10-8-17-31-29(21)26)20-28-34-24-13-3-4-14-25(24)36(28)19-27-32-22-11-1-2-12-23(22)33-27;28-16-23-12-3-4-14-27(15-21-25-18-9-1-2-10-19(18)26-21)20-11-5-7-17-8-6-13-24-22(17)20;1-23-13-4-5-15-27(16-21-25-18-10-2-3-11-19(18)26-21)20-12-6-8-17-9-7-14-24-22(17)20/h1-4,8,10-14,17,26H,5-7,9,15-16,18-20,30H2,(H,32,33);1-2,6,8-10,13,16,20H,3-5,7,11-12,14-15H2,(H,23,28)(H,25,26);2-3,7,9-11,14,20H,1,4-6,8,12-13,15-16H2,(H,25,26)/t26-;2*20-/m000/s1. The lowest BCUT2D eigenvalue weighted by atomic mass is 9.90. The molecule has 0 bridgehead atoms. The highest BCUT2D eigenvalue weighted by Gasteiger charge is 2.31. The van der Waals surface area contributed by atoms with Crippen molar-refractivity contribution in [1.82, 2.24) is 74.4 Å². The molecule has 0 unspecified atom stereocenters. The van der Waals surface area contributed by atoms with Crippen molar-refractivity contribution < 1.29 is 4.79 Å². The molecular formula is C73H87N17O. The first-order valence-electron chi connectivity index (χ1n) is 33.1. The molecule has 7 heterocycles. The van der Waals surface area contributed by atoms with Gasteiger partial charge in [0.1, 0.15) is 23.3 Å². The molecule has 18 nitrogen and oxygen atoms in total. The molecule has 1 amide bonds. The van der Waals surface area contributed by atoms with Gasteiger partial charge >= 0.3 is 0 Å². The summed E-state index contributed by atoms with van der Waals surface area (Å²) in [6.07, 6.45) is 23.2. The third-order valence-corrected chi connectivity index (χ3v) is 18.2. The molecule has 18 heteroatoms. The van der Waals surface area contributed by atoms with Gasteiger partial charge in [-0.25, -0.2) is 19.9 Å². The molecule has 3 aliphatic rings. The fraction of sp³-hybridized carbons (Fsp3) is 0.384. The molecule has 14 rings (SSSR count). The van der Waals surface area contributed by atoms with Crippen LogP contribution in [0.15, 0.2) is 157 Å². The molecule has 3 atom stereocenters. The Morgan fingerprint density at radius 2 is 0.956 bits per heavy atom. The minimum absolute atomic E-state index is 0.298. The van der Waals surface area contributed by atoms with E-state index in [9.17, 15) is 4.79 Å². The van der Waals surface area contributed by atoms with Gasteiger partial charge in [-0.2, -0.15) is 0 Å². The molecule has 7 aromatic heterocycles. The number of pyridine rings is 3. The number of fused-ring (bicyclic) bond motifs is 7. The first kappa shape index (κ1) is 62.4. The first-order chi connectivity index (χ1) is 45.0. The molecule has 0 aliphatic heterocycles. The van der Waals surface area contributed by atoms with E-state index in [4.69, 9.17) is 40.6 Å². The van der Waals surface area contributed by atoms with E-state index in [1.165, 1.54) is 53.0 Å². The van der Waals surface area contributed by atoms with Crippen LogP contribution in [0.3, 0.4) is 0 Å². The van der Waals surface area contributed by atoms with Gasteiger partial charge in [-0.15, -0.1) is 0 Å². The van der Waals surface area contributed by atoms with E-state index in [1.54, 1.807) is 0 Å². The maximum absolute atomic E-state index is 10.5. The summed E-state index contributed by atoms with van der Waals surface area (Å²) in [6.45, 7) is 11.8. The number of rotatable bonds is 26. The van der Waals surface area contributed by atoms with Crippen molar-refractivity contribution in [2.45, 2.75) is 141 Å². The largest absolute Gasteiger partial charge is 0.359 e. The second kappa shape index (κ2) is 31.3. The van der Waals surface area contributed by atoms with E-state index in [-0.39, 0.29) is 0 Å². The molecule has 0 spiro atoms. The number of nitrogens with one attached hydrogen (secondary N) is 4. The number of aryl methyl sites for hydroxylation is 3. The minimum atomic E-state index is 0.298. The van der Waals surface area contributed by atoms with Crippen LogP contribution in [0.1, 0.15) is 152 Å². The normalized spacial score (nSPS) is 16.1. The molecule has 0 saturated carbocycles. The zero-order valence-corrected chi connectivity index (χ0v) is 52.5. The second-order valence-electron chi connectivity index (χ2n) is 24.4. The zero-order chi connectivity index (χ0) is 62.0. The molecule has 0 fully saturated rings. The third kappa shape index (κ3) is 15.7. The topological polar surface area (TPSA) is 220 Å². The molecular weight excluding hydrogens is 1130 g/mol. The maximum Gasteiger partial charge on any atom is 0.207 e. The Morgan fingerprint density at radius 3 is 1.44 bits per heavy atom. The minimum Gasteiger partial charge on any atom is -0.359 e. The number of aliphatic imine (C=N–C) groups is 1. The summed E-state index contributed by atoms with van der Waals surface area (Å²) >= 11 is 0. The van der Waals surface area contributed by atoms with Gasteiger partial charge in [0.15, 0.2) is 0 Å². The van der Waals surface area contributed by atoms with Crippen molar-refractivity contribution in [3.63, 3.8) is 0 Å². The summed E-state index contributed by atoms with van der Waals surface area (Å²) in [6, 6.07) is 46.8. The van der Waals surface area contributed by atoms with Gasteiger partial charge in [0.25, 0.3) is 0 Å². The van der Waals surface area contributed by atoms with Crippen LogP contribution in [0.4, 0.5) is 0 Å². The average Bonchev–Trinajstić information content (AvgIpc) is 1.91. The number of aromatic amines is 3. The monoisotopic (exact) mass is 1220 g/mol. The molecule has 6 N–H and O–H groups in total. The number of carbonyl (C=O) groups is 1. The predicted octanol–water partition coefficient (Wildman–Crippen LogP) is 12.7. The van der Waals surface area contributed by atoms with Crippen molar-refractivity contribution in [3.05, 3.63) is 209 Å². The van der Waals surface area contributed by atoms with Crippen LogP contribution in [0.2, 0.25) is 0 Å². The summed E-state index contributed by atoms with van der Waals surface area (Å²) in [5.41, 5.74) is 22.1. The highest BCUT2D eigenvalue weighted by molar-refractivity contribution is 5.78. The van der Waals surface area contributed by atoms with Crippen LogP contribution < -0.4 is 11.1 Å². The summed E-state index contributed by atoms with van der Waals surface area (Å²) in [7, 11) is 0. The Morgan fingerprint density at radius 1 is 0.516 bits per heavy atom. The number of hydrogen-bond acceptors (Lipinski definition) is 13. The van der Waals surface area contributed by atoms with Crippen LogP contribution in [0.5, 0.6) is 0 Å². The number of para-hydroxylation sites is 8. The zero-order valence-electron chi connectivity index (χ0n) is 52.5. The summed E-state index contributed by atoms with van der Waals surface area (Å²) < 4.78 is 2.32. The van der Waals surface area contributed by atoms with Crippen molar-refractivity contribution in [1.29, 1.82) is 0 Å². The predicted molar refractivity (Wildman–Crippen MR) is 363 cm³/mol. The van der Waals surface area contributed by atoms with E-state index in [0.717, 1.165) is 210 Å². The van der Waals surface area contributed by atoms with Crippen LogP contribution in [-0.2, 0) is 50.2 Å². The fourth-order valence-corrected chi connectivity index (χ4v) is 13.8. The van der Waals surface area contributed by atoms with Crippen LogP contribution in [0.25, 0.3) is 44.1 Å². The van der Waals surface area contributed by atoms with Crippen LogP contribution in [-0.4, -0.2) is 122 Å². The number of hydrogen-bond donors (Lipinski definition) is 5. The quantitative estimate of drug-likeness (QED) is 0.0194. The highest BCUT2D eigenvalue weighted by Crippen LogP contribution is 2.37. The van der Waals surface area contributed by atoms with Gasteiger partial charge in [0.2, 0.25) is 6.41 Å². The summed E-state index contributed by atoms with van der Waals surface area (Å²) in [5, 5.41) is 2.75. The molecule has 470 valence electrons. The van der Waals surface area contributed by atoms with E-state index < -0.39 is 0 Å². The number of amides is 1. The lowest BCUT2D eigenvalue weighted by molar-refractivity contribution is -0.109.